The van der Waals surface area contributed by atoms with Crippen LogP contribution in [0, 0.1) is 0 Å². The number of benzene rings is 1. The lowest BCUT2D eigenvalue weighted by Crippen LogP contribution is -2.07. The average Bonchev–Trinajstić information content (AvgIpc) is 2.98. The second-order valence-corrected chi connectivity index (χ2v) is 4.37. The van der Waals surface area contributed by atoms with E-state index in [0.29, 0.717) is 0 Å². The number of fused-ring (bicyclic) bond motifs is 2. The zero-order valence-electron chi connectivity index (χ0n) is 11.5. The van der Waals surface area contributed by atoms with Gasteiger partial charge in [0.25, 0.3) is 5.56 Å². The van der Waals surface area contributed by atoms with E-state index < -0.39 is 0 Å². The summed E-state index contributed by atoms with van der Waals surface area (Å²) < 4.78 is 7.87. The maximum atomic E-state index is 11.6. The summed E-state index contributed by atoms with van der Waals surface area (Å²) in [5, 5.41) is 1.75. The van der Waals surface area contributed by atoms with Crippen LogP contribution in [0.4, 0.5) is 0 Å². The molecule has 0 fully saturated rings. The fourth-order valence-electron chi connectivity index (χ4n) is 1.59. The van der Waals surface area contributed by atoms with Gasteiger partial charge < -0.3 is 4.42 Å². The summed E-state index contributed by atoms with van der Waals surface area (Å²) in [5.41, 5.74) is 0.896. The first-order chi connectivity index (χ1) is 8.75. The fraction of sp³-hybridized carbons (Fsp3) is 0.357. The second kappa shape index (κ2) is 6.40. The van der Waals surface area contributed by atoms with E-state index >= 15 is 0 Å². The summed E-state index contributed by atoms with van der Waals surface area (Å²) in [6.45, 7) is 8.00. The molecule has 0 atom stereocenters. The van der Waals surface area contributed by atoms with Gasteiger partial charge in [0.15, 0.2) is 0 Å². The number of furan rings is 1. The quantitative estimate of drug-likeness (QED) is 0.604. The maximum absolute atomic E-state index is 11.6. The van der Waals surface area contributed by atoms with Crippen molar-refractivity contribution in [3.8, 4) is 0 Å². The van der Waals surface area contributed by atoms with E-state index in [1.54, 1.807) is 17.3 Å². The predicted octanol–water partition coefficient (Wildman–Crippen LogP) is 4.40. The molecule has 0 aliphatic heterocycles. The van der Waals surface area contributed by atoms with Crippen molar-refractivity contribution in [1.29, 1.82) is 0 Å². The van der Waals surface area contributed by atoms with Crippen LogP contribution in [0.5, 0.6) is 0 Å². The highest BCUT2D eigenvalue weighted by Gasteiger charge is 2.07. The molecule has 3 aromatic rings. The molecule has 0 aliphatic rings. The van der Waals surface area contributed by atoms with Crippen molar-refractivity contribution in [3.63, 3.8) is 0 Å². The van der Waals surface area contributed by atoms with Crippen molar-refractivity contribution in [2.45, 2.75) is 27.7 Å². The van der Waals surface area contributed by atoms with Crippen LogP contribution in [0.25, 0.3) is 21.1 Å². The Morgan fingerprint density at radius 2 is 1.83 bits per heavy atom. The van der Waals surface area contributed by atoms with Gasteiger partial charge in [-0.2, -0.15) is 0 Å². The molecule has 0 saturated carbocycles. The third-order valence-corrected chi connectivity index (χ3v) is 3.28. The van der Waals surface area contributed by atoms with E-state index in [1.165, 1.54) is 11.5 Å². The summed E-state index contributed by atoms with van der Waals surface area (Å²) in [5.74, 6) is 0. The summed E-state index contributed by atoms with van der Waals surface area (Å²) in [4.78, 5) is 11.6. The predicted molar refractivity (Wildman–Crippen MR) is 79.5 cm³/mol. The molecule has 0 radical (unpaired) electrons. The zero-order chi connectivity index (χ0) is 13.7. The Morgan fingerprint density at radius 1 is 1.17 bits per heavy atom. The smallest absolute Gasteiger partial charge is 0.268 e. The second-order valence-electron chi connectivity index (χ2n) is 3.20. The third kappa shape index (κ3) is 2.48. The van der Waals surface area contributed by atoms with Gasteiger partial charge in [-0.25, -0.2) is 0 Å². The highest BCUT2D eigenvalue weighted by molar-refractivity contribution is 7.13. The van der Waals surface area contributed by atoms with Crippen LogP contribution < -0.4 is 5.56 Å². The summed E-state index contributed by atoms with van der Waals surface area (Å²) >= 11 is 1.44. The molecule has 2 heterocycles. The van der Waals surface area contributed by atoms with Gasteiger partial charge in [0.2, 0.25) is 0 Å². The molecule has 3 nitrogen and oxygen atoms in total. The normalized spacial score (nSPS) is 9.61. The Hall–Kier alpha value is -1.55. The Kier molecular flexibility index (Phi) is 5.16. The first-order valence-electron chi connectivity index (χ1n) is 6.23. The summed E-state index contributed by atoms with van der Waals surface area (Å²) in [6, 6.07) is 5.66. The summed E-state index contributed by atoms with van der Waals surface area (Å²) in [6.07, 6.45) is 1.64. The molecule has 0 aliphatic carbocycles. The molecule has 0 N–H and O–H groups in total. The first-order valence-corrected chi connectivity index (χ1v) is 7.00. The zero-order valence-corrected chi connectivity index (χ0v) is 12.3. The van der Waals surface area contributed by atoms with E-state index in [0.717, 1.165) is 21.1 Å². The van der Waals surface area contributed by atoms with Crippen molar-refractivity contribution in [2.75, 3.05) is 0 Å². The van der Waals surface area contributed by atoms with Crippen LogP contribution in [-0.4, -0.2) is 3.96 Å². The van der Waals surface area contributed by atoms with Gasteiger partial charge in [0.05, 0.1) is 16.3 Å². The minimum atomic E-state index is 0.0631. The van der Waals surface area contributed by atoms with E-state index in [9.17, 15) is 4.79 Å². The van der Waals surface area contributed by atoms with E-state index in [2.05, 4.69) is 0 Å². The lowest BCUT2D eigenvalue weighted by atomic mass is 10.2. The molecule has 0 saturated heterocycles. The lowest BCUT2D eigenvalue weighted by Gasteiger charge is -1.86. The molecule has 0 bridgehead atoms. The van der Waals surface area contributed by atoms with Crippen LogP contribution in [0.1, 0.15) is 27.7 Å². The largest absolute Gasteiger partial charge is 0.464 e. The van der Waals surface area contributed by atoms with Crippen molar-refractivity contribution in [1.82, 2.24) is 3.96 Å². The van der Waals surface area contributed by atoms with Gasteiger partial charge in [-0.15, -0.1) is 0 Å². The molecular weight excluding hydrogens is 246 g/mol. The fourth-order valence-corrected chi connectivity index (χ4v) is 2.47. The Balaban J connectivity index is 0.000000371. The highest BCUT2D eigenvalue weighted by Crippen LogP contribution is 2.24. The van der Waals surface area contributed by atoms with Crippen molar-refractivity contribution >= 4 is 32.6 Å². The molecule has 0 unspecified atom stereocenters. The molecule has 3 rings (SSSR count). The maximum Gasteiger partial charge on any atom is 0.268 e. The van der Waals surface area contributed by atoms with Gasteiger partial charge in [0.1, 0.15) is 5.58 Å². The van der Waals surface area contributed by atoms with E-state index in [-0.39, 0.29) is 5.56 Å². The number of aryl methyl sites for hydroxylation is 1. The number of aromatic nitrogens is 1. The first kappa shape index (κ1) is 14.5. The molecule has 2 aromatic heterocycles. The standard InChI is InChI=1S/C10H7NO2S.2C2H6/c1-11-10(12)7-4-6-2-3-13-8(6)5-9(7)14-11;2*1-2/h2-5H,1H3;2*1-2H3. The average molecular weight is 265 g/mol. The number of hydrogen-bond acceptors (Lipinski definition) is 3. The van der Waals surface area contributed by atoms with Crippen molar-refractivity contribution in [2.24, 2.45) is 7.05 Å². The topological polar surface area (TPSA) is 35.1 Å². The van der Waals surface area contributed by atoms with Gasteiger partial charge in [-0.3, -0.25) is 8.75 Å². The molecule has 0 amide bonds. The molecule has 1 aromatic carbocycles. The van der Waals surface area contributed by atoms with Crippen LogP contribution in [0.2, 0.25) is 0 Å². The highest BCUT2D eigenvalue weighted by atomic mass is 32.1. The van der Waals surface area contributed by atoms with Crippen LogP contribution in [-0.2, 0) is 7.05 Å². The van der Waals surface area contributed by atoms with Gasteiger partial charge >= 0.3 is 0 Å². The van der Waals surface area contributed by atoms with E-state index in [1.807, 2.05) is 45.9 Å². The Morgan fingerprint density at radius 3 is 2.50 bits per heavy atom. The number of nitrogens with zero attached hydrogens (tertiary/aromatic N) is 1. The lowest BCUT2D eigenvalue weighted by molar-refractivity contribution is 0.616. The van der Waals surface area contributed by atoms with Crippen molar-refractivity contribution < 1.29 is 4.42 Å². The summed E-state index contributed by atoms with van der Waals surface area (Å²) in [7, 11) is 1.77. The SMILES string of the molecule is CC.CC.Cn1sc2cc3occc3cc2c1=O. The van der Waals surface area contributed by atoms with E-state index in [4.69, 9.17) is 4.42 Å². The Labute approximate surface area is 111 Å². The van der Waals surface area contributed by atoms with Crippen molar-refractivity contribution in [3.05, 3.63) is 34.8 Å². The third-order valence-electron chi connectivity index (χ3n) is 2.31. The van der Waals surface area contributed by atoms with Crippen LogP contribution >= 0.6 is 11.5 Å². The van der Waals surface area contributed by atoms with Crippen LogP contribution in [0.3, 0.4) is 0 Å². The minimum absolute atomic E-state index is 0.0631. The minimum Gasteiger partial charge on any atom is -0.464 e. The molecule has 18 heavy (non-hydrogen) atoms. The van der Waals surface area contributed by atoms with Crippen LogP contribution in [0.15, 0.2) is 33.7 Å². The number of hydrogen-bond donors (Lipinski definition) is 0. The number of rotatable bonds is 0. The van der Waals surface area contributed by atoms with Gasteiger partial charge in [0, 0.05) is 18.5 Å². The molecular formula is C14H19NO2S. The van der Waals surface area contributed by atoms with Gasteiger partial charge in [-0.05, 0) is 12.1 Å². The molecule has 0 spiro atoms. The monoisotopic (exact) mass is 265 g/mol. The Bertz CT molecular complexity index is 676. The van der Waals surface area contributed by atoms with Gasteiger partial charge in [-0.1, -0.05) is 39.2 Å². The molecule has 98 valence electrons. The molecule has 4 heteroatoms.